The predicted octanol–water partition coefficient (Wildman–Crippen LogP) is 2.23. The van der Waals surface area contributed by atoms with Crippen LogP contribution in [0, 0.1) is 13.8 Å². The summed E-state index contributed by atoms with van der Waals surface area (Å²) < 4.78 is 2.14. The van der Waals surface area contributed by atoms with Gasteiger partial charge in [0.2, 0.25) is 0 Å². The number of benzene rings is 1. The van der Waals surface area contributed by atoms with Crippen LogP contribution < -0.4 is 5.73 Å². The Morgan fingerprint density at radius 2 is 2.00 bits per heavy atom. The van der Waals surface area contributed by atoms with Crippen molar-refractivity contribution >= 4 is 16.9 Å². The summed E-state index contributed by atoms with van der Waals surface area (Å²) in [4.78, 5) is 11.0. The highest BCUT2D eigenvalue weighted by Crippen LogP contribution is 2.28. The molecule has 1 aromatic heterocycles. The van der Waals surface area contributed by atoms with Gasteiger partial charge in [0, 0.05) is 18.1 Å². The molecule has 1 heterocycles. The molecule has 0 aliphatic rings. The number of hydrogen-bond acceptors (Lipinski definition) is 2. The Kier molecular flexibility index (Phi) is 3.90. The van der Waals surface area contributed by atoms with Gasteiger partial charge in [0.15, 0.2) is 0 Å². The lowest BCUT2D eigenvalue weighted by Crippen LogP contribution is -2.05. The first-order chi connectivity index (χ1) is 9.04. The summed E-state index contributed by atoms with van der Waals surface area (Å²) in [6.07, 6.45) is 2.93. The zero-order valence-electron chi connectivity index (χ0n) is 11.4. The topological polar surface area (TPSA) is 68.2 Å². The van der Waals surface area contributed by atoms with Gasteiger partial charge in [-0.1, -0.05) is 12.1 Å². The van der Waals surface area contributed by atoms with Crippen LogP contribution in [0.4, 0.5) is 0 Å². The van der Waals surface area contributed by atoms with Gasteiger partial charge in [-0.2, -0.15) is 0 Å². The van der Waals surface area contributed by atoms with Crippen LogP contribution in [0.1, 0.15) is 23.1 Å². The Balaban J connectivity index is 2.62. The second-order valence-electron chi connectivity index (χ2n) is 4.98. The Morgan fingerprint density at radius 3 is 2.63 bits per heavy atom. The van der Waals surface area contributed by atoms with Crippen molar-refractivity contribution in [3.05, 3.63) is 35.0 Å². The van der Waals surface area contributed by atoms with Gasteiger partial charge >= 0.3 is 5.97 Å². The van der Waals surface area contributed by atoms with Crippen LogP contribution in [0.25, 0.3) is 10.9 Å². The molecule has 3 N–H and O–H groups in total. The summed E-state index contributed by atoms with van der Waals surface area (Å²) in [5.74, 6) is -0.793. The van der Waals surface area contributed by atoms with Gasteiger partial charge in [-0.3, -0.25) is 4.79 Å². The highest BCUT2D eigenvalue weighted by Gasteiger charge is 2.14. The SMILES string of the molecule is Cc1ccc(C)c2c1c(CC(=O)O)cn2CCCN. The normalized spacial score (nSPS) is 11.1. The van der Waals surface area contributed by atoms with Crippen molar-refractivity contribution in [3.8, 4) is 0 Å². The number of nitrogens with two attached hydrogens (primary N) is 1. The second-order valence-corrected chi connectivity index (χ2v) is 4.98. The number of fused-ring (bicyclic) bond motifs is 1. The number of nitrogens with zero attached hydrogens (tertiary/aromatic N) is 1. The molecule has 19 heavy (non-hydrogen) atoms. The maximum absolute atomic E-state index is 11.0. The molecule has 1 aromatic carbocycles. The van der Waals surface area contributed by atoms with Crippen molar-refractivity contribution in [2.45, 2.75) is 33.2 Å². The fraction of sp³-hybridized carbons (Fsp3) is 0.400. The zero-order chi connectivity index (χ0) is 14.0. The van der Waals surface area contributed by atoms with Crippen molar-refractivity contribution in [2.75, 3.05) is 6.54 Å². The average molecular weight is 260 g/mol. The van der Waals surface area contributed by atoms with Crippen molar-refractivity contribution in [1.29, 1.82) is 0 Å². The molecular weight excluding hydrogens is 240 g/mol. The highest BCUT2D eigenvalue weighted by atomic mass is 16.4. The van der Waals surface area contributed by atoms with Crippen molar-refractivity contribution in [2.24, 2.45) is 5.73 Å². The van der Waals surface area contributed by atoms with E-state index >= 15 is 0 Å². The number of aliphatic carboxylic acids is 1. The molecule has 0 aliphatic carbocycles. The molecular formula is C15H20N2O2. The summed E-state index contributed by atoms with van der Waals surface area (Å²) in [7, 11) is 0. The number of aromatic nitrogens is 1. The Labute approximate surface area is 112 Å². The first-order valence-electron chi connectivity index (χ1n) is 6.54. The monoisotopic (exact) mass is 260 g/mol. The molecule has 0 radical (unpaired) electrons. The number of carbonyl (C=O) groups is 1. The molecule has 2 rings (SSSR count). The molecule has 4 heteroatoms. The van der Waals surface area contributed by atoms with Gasteiger partial charge in [0.1, 0.15) is 0 Å². The van der Waals surface area contributed by atoms with Crippen LogP contribution in [-0.2, 0) is 17.8 Å². The number of aryl methyl sites for hydroxylation is 3. The second kappa shape index (κ2) is 5.45. The van der Waals surface area contributed by atoms with E-state index in [1.807, 2.05) is 13.1 Å². The van der Waals surface area contributed by atoms with E-state index < -0.39 is 5.97 Å². The molecule has 0 saturated carbocycles. The van der Waals surface area contributed by atoms with E-state index in [1.165, 1.54) is 5.56 Å². The van der Waals surface area contributed by atoms with Crippen LogP contribution >= 0.6 is 0 Å². The largest absolute Gasteiger partial charge is 0.481 e. The number of hydrogen-bond donors (Lipinski definition) is 2. The van der Waals surface area contributed by atoms with Crippen molar-refractivity contribution in [3.63, 3.8) is 0 Å². The summed E-state index contributed by atoms with van der Waals surface area (Å²) in [5, 5.41) is 10.1. The summed E-state index contributed by atoms with van der Waals surface area (Å²) in [6, 6.07) is 4.14. The molecule has 0 spiro atoms. The van der Waals surface area contributed by atoms with E-state index in [-0.39, 0.29) is 6.42 Å². The van der Waals surface area contributed by atoms with E-state index in [0.717, 1.165) is 35.0 Å². The molecule has 0 fully saturated rings. The third kappa shape index (κ3) is 2.63. The van der Waals surface area contributed by atoms with Gasteiger partial charge in [-0.15, -0.1) is 0 Å². The lowest BCUT2D eigenvalue weighted by atomic mass is 10.0. The van der Waals surface area contributed by atoms with Gasteiger partial charge in [-0.25, -0.2) is 0 Å². The Morgan fingerprint density at radius 1 is 1.32 bits per heavy atom. The maximum atomic E-state index is 11.0. The van der Waals surface area contributed by atoms with Gasteiger partial charge in [0.05, 0.1) is 11.9 Å². The predicted molar refractivity (Wildman–Crippen MR) is 76.4 cm³/mol. The van der Waals surface area contributed by atoms with Crippen LogP contribution in [-0.4, -0.2) is 22.2 Å². The minimum absolute atomic E-state index is 0.0659. The molecule has 2 aromatic rings. The average Bonchev–Trinajstić information content (AvgIpc) is 2.70. The molecule has 0 unspecified atom stereocenters. The zero-order valence-corrected chi connectivity index (χ0v) is 11.4. The van der Waals surface area contributed by atoms with Gasteiger partial charge < -0.3 is 15.4 Å². The van der Waals surface area contributed by atoms with E-state index in [9.17, 15) is 4.79 Å². The fourth-order valence-corrected chi connectivity index (χ4v) is 2.62. The lowest BCUT2D eigenvalue weighted by Gasteiger charge is -2.07. The third-order valence-electron chi connectivity index (χ3n) is 3.45. The molecule has 0 amide bonds. The number of carboxylic acids is 1. The molecule has 0 atom stereocenters. The quantitative estimate of drug-likeness (QED) is 0.866. The standard InChI is InChI=1S/C15H20N2O2/c1-10-4-5-11(2)15-14(10)12(8-13(18)19)9-17(15)7-3-6-16/h4-5,9H,3,6-8,16H2,1-2H3,(H,18,19). The van der Waals surface area contributed by atoms with Crippen LogP contribution in [0.15, 0.2) is 18.3 Å². The summed E-state index contributed by atoms with van der Waals surface area (Å²) in [6.45, 7) is 5.56. The van der Waals surface area contributed by atoms with E-state index in [4.69, 9.17) is 10.8 Å². The first-order valence-corrected chi connectivity index (χ1v) is 6.54. The summed E-state index contributed by atoms with van der Waals surface area (Å²) in [5.41, 5.74) is 9.90. The Hall–Kier alpha value is -1.81. The molecule has 0 bridgehead atoms. The molecule has 0 saturated heterocycles. The minimum atomic E-state index is -0.793. The van der Waals surface area contributed by atoms with E-state index in [2.05, 4.69) is 23.6 Å². The maximum Gasteiger partial charge on any atom is 0.307 e. The van der Waals surface area contributed by atoms with Gasteiger partial charge in [-0.05, 0) is 43.5 Å². The molecule has 0 aliphatic heterocycles. The van der Waals surface area contributed by atoms with E-state index in [0.29, 0.717) is 6.54 Å². The van der Waals surface area contributed by atoms with E-state index in [1.54, 1.807) is 0 Å². The highest BCUT2D eigenvalue weighted by molar-refractivity contribution is 5.92. The van der Waals surface area contributed by atoms with Crippen molar-refractivity contribution < 1.29 is 9.90 Å². The molecule has 102 valence electrons. The fourth-order valence-electron chi connectivity index (χ4n) is 2.62. The Bertz CT molecular complexity index is 614. The lowest BCUT2D eigenvalue weighted by molar-refractivity contribution is -0.136. The minimum Gasteiger partial charge on any atom is -0.481 e. The van der Waals surface area contributed by atoms with Crippen LogP contribution in [0.5, 0.6) is 0 Å². The smallest absolute Gasteiger partial charge is 0.307 e. The van der Waals surface area contributed by atoms with Crippen LogP contribution in [0.2, 0.25) is 0 Å². The molecule has 4 nitrogen and oxygen atoms in total. The van der Waals surface area contributed by atoms with Crippen molar-refractivity contribution in [1.82, 2.24) is 4.57 Å². The first kappa shape index (κ1) is 13.6. The van der Waals surface area contributed by atoms with Gasteiger partial charge in [0.25, 0.3) is 0 Å². The number of carboxylic acid groups (broad SMARTS) is 1. The van der Waals surface area contributed by atoms with Crippen LogP contribution in [0.3, 0.4) is 0 Å². The number of rotatable bonds is 5. The summed E-state index contributed by atoms with van der Waals surface area (Å²) >= 11 is 0. The third-order valence-corrected chi connectivity index (χ3v) is 3.45.